The van der Waals surface area contributed by atoms with Crippen LogP contribution in [-0.2, 0) is 24.3 Å². The Morgan fingerprint density at radius 1 is 1.12 bits per heavy atom. The van der Waals surface area contributed by atoms with E-state index in [0.717, 1.165) is 24.0 Å². The van der Waals surface area contributed by atoms with Crippen LogP contribution in [0.25, 0.3) is 0 Å². The van der Waals surface area contributed by atoms with E-state index in [1.54, 1.807) is 12.1 Å². The maximum Gasteiger partial charge on any atom is 0.307 e. The highest BCUT2D eigenvalue weighted by atomic mass is 32.2. The molecule has 2 N–H and O–H groups in total. The minimum atomic E-state index is -3.69. The number of aryl methyl sites for hydroxylation is 2. The molecule has 0 aliphatic carbocycles. The molecule has 0 aliphatic heterocycles. The van der Waals surface area contributed by atoms with Gasteiger partial charge >= 0.3 is 5.97 Å². The Balaban J connectivity index is 2.41. The fraction of sp³-hybridized carbons (Fsp3) is 0.556. The monoisotopic (exact) mass is 384 g/mol. The lowest BCUT2D eigenvalue weighted by Crippen LogP contribution is -2.37. The van der Waals surface area contributed by atoms with Crippen molar-refractivity contribution in [2.45, 2.75) is 57.9 Å². The Hall–Kier alpha value is -1.93. The number of nitrogens with one attached hydrogen (secondary N) is 2. The normalized spacial score (nSPS) is 11.4. The number of amides is 1. The highest BCUT2D eigenvalue weighted by Crippen LogP contribution is 2.14. The van der Waals surface area contributed by atoms with Crippen LogP contribution in [-0.4, -0.2) is 39.5 Å². The van der Waals surface area contributed by atoms with Crippen molar-refractivity contribution in [1.29, 1.82) is 0 Å². The largest absolute Gasteiger partial charge is 0.456 e. The molecule has 0 radical (unpaired) electrons. The molecule has 0 aromatic heterocycles. The van der Waals surface area contributed by atoms with Gasteiger partial charge in [-0.1, -0.05) is 19.9 Å². The third-order valence-electron chi connectivity index (χ3n) is 4.12. The van der Waals surface area contributed by atoms with Gasteiger partial charge in [-0.25, -0.2) is 13.1 Å². The maximum atomic E-state index is 12.2. The standard InChI is InChI=1S/C18H28N2O5S/c1-5-15(6-2)20-17(21)12-25-18(22)9-10-19-26(23,24)16-8-7-13(3)14(4)11-16/h7-8,11,15,19H,5-6,9-10,12H2,1-4H3,(H,20,21). The molecule has 0 bridgehead atoms. The first kappa shape index (κ1) is 22.1. The van der Waals surface area contributed by atoms with E-state index in [1.165, 1.54) is 6.07 Å². The lowest BCUT2D eigenvalue weighted by Gasteiger charge is -2.14. The van der Waals surface area contributed by atoms with Crippen LogP contribution in [0, 0.1) is 13.8 Å². The number of hydrogen-bond donors (Lipinski definition) is 2. The van der Waals surface area contributed by atoms with Crippen molar-refractivity contribution in [3.8, 4) is 0 Å². The summed E-state index contributed by atoms with van der Waals surface area (Å²) in [5, 5.41) is 2.76. The smallest absolute Gasteiger partial charge is 0.307 e. The first-order chi connectivity index (χ1) is 12.2. The zero-order valence-electron chi connectivity index (χ0n) is 15.8. The minimum absolute atomic E-state index is 0.0611. The minimum Gasteiger partial charge on any atom is -0.456 e. The van der Waals surface area contributed by atoms with Crippen molar-refractivity contribution in [1.82, 2.24) is 10.0 Å². The van der Waals surface area contributed by atoms with Crippen LogP contribution in [0.15, 0.2) is 23.1 Å². The predicted octanol–water partition coefficient (Wildman–Crippen LogP) is 1.82. The molecule has 0 heterocycles. The number of esters is 1. The Morgan fingerprint density at radius 3 is 2.35 bits per heavy atom. The van der Waals surface area contributed by atoms with Crippen LogP contribution in [0.2, 0.25) is 0 Å². The second-order valence-electron chi connectivity index (χ2n) is 6.14. The molecule has 1 aromatic rings. The summed E-state index contributed by atoms with van der Waals surface area (Å²) >= 11 is 0. The molecule has 1 aromatic carbocycles. The molecule has 0 aliphatic rings. The van der Waals surface area contributed by atoms with Gasteiger partial charge < -0.3 is 10.1 Å². The summed E-state index contributed by atoms with van der Waals surface area (Å²) in [5.41, 5.74) is 1.87. The molecule has 0 unspecified atom stereocenters. The quantitative estimate of drug-likeness (QED) is 0.599. The zero-order chi connectivity index (χ0) is 19.7. The van der Waals surface area contributed by atoms with Crippen molar-refractivity contribution >= 4 is 21.9 Å². The van der Waals surface area contributed by atoms with Gasteiger partial charge in [-0.2, -0.15) is 0 Å². The second kappa shape index (κ2) is 10.3. The van der Waals surface area contributed by atoms with Gasteiger partial charge in [0.2, 0.25) is 10.0 Å². The van der Waals surface area contributed by atoms with E-state index in [9.17, 15) is 18.0 Å². The lowest BCUT2D eigenvalue weighted by molar-refractivity contribution is -0.148. The molecule has 8 heteroatoms. The van der Waals surface area contributed by atoms with Crippen LogP contribution in [0.5, 0.6) is 0 Å². The number of carbonyl (C=O) groups is 2. The van der Waals surface area contributed by atoms with Crippen molar-refractivity contribution in [2.75, 3.05) is 13.2 Å². The number of sulfonamides is 1. The number of ether oxygens (including phenoxy) is 1. The van der Waals surface area contributed by atoms with Gasteiger partial charge in [-0.05, 0) is 49.9 Å². The summed E-state index contributed by atoms with van der Waals surface area (Å²) in [6.45, 7) is 7.19. The Kier molecular flexibility index (Phi) is 8.74. The molecule has 0 saturated heterocycles. The molecular weight excluding hydrogens is 356 g/mol. The van der Waals surface area contributed by atoms with Gasteiger partial charge in [0.15, 0.2) is 6.61 Å². The molecule has 0 atom stereocenters. The summed E-state index contributed by atoms with van der Waals surface area (Å²) in [4.78, 5) is 23.5. The van der Waals surface area contributed by atoms with Gasteiger partial charge in [-0.3, -0.25) is 9.59 Å². The Bertz CT molecular complexity index is 727. The fourth-order valence-corrected chi connectivity index (χ4v) is 3.35. The summed E-state index contributed by atoms with van der Waals surface area (Å²) in [7, 11) is -3.69. The molecule has 1 rings (SSSR count). The van der Waals surface area contributed by atoms with Gasteiger partial charge in [0.05, 0.1) is 11.3 Å². The number of rotatable bonds is 10. The first-order valence-electron chi connectivity index (χ1n) is 8.71. The molecule has 0 saturated carbocycles. The predicted molar refractivity (Wildman–Crippen MR) is 99.2 cm³/mol. The molecule has 0 fully saturated rings. The van der Waals surface area contributed by atoms with Gasteiger partial charge in [0.25, 0.3) is 5.91 Å². The summed E-state index contributed by atoms with van der Waals surface area (Å²) in [6.07, 6.45) is 1.45. The van der Waals surface area contributed by atoms with E-state index in [2.05, 4.69) is 10.0 Å². The van der Waals surface area contributed by atoms with E-state index in [-0.39, 0.29) is 36.4 Å². The van der Waals surface area contributed by atoms with Crippen LogP contribution < -0.4 is 10.0 Å². The summed E-state index contributed by atoms with van der Waals surface area (Å²) in [6, 6.07) is 4.89. The van der Waals surface area contributed by atoms with Crippen LogP contribution in [0.4, 0.5) is 0 Å². The van der Waals surface area contributed by atoms with E-state index in [0.29, 0.717) is 0 Å². The van der Waals surface area contributed by atoms with Gasteiger partial charge in [0, 0.05) is 12.6 Å². The number of carbonyl (C=O) groups excluding carboxylic acids is 2. The third-order valence-corrected chi connectivity index (χ3v) is 5.58. The van der Waals surface area contributed by atoms with E-state index in [1.807, 2.05) is 27.7 Å². The molecule has 7 nitrogen and oxygen atoms in total. The van der Waals surface area contributed by atoms with Crippen molar-refractivity contribution in [3.05, 3.63) is 29.3 Å². The van der Waals surface area contributed by atoms with Gasteiger partial charge in [-0.15, -0.1) is 0 Å². The molecule has 146 valence electrons. The van der Waals surface area contributed by atoms with Crippen LogP contribution >= 0.6 is 0 Å². The van der Waals surface area contributed by atoms with Crippen molar-refractivity contribution in [3.63, 3.8) is 0 Å². The van der Waals surface area contributed by atoms with Gasteiger partial charge in [0.1, 0.15) is 0 Å². The van der Waals surface area contributed by atoms with E-state index in [4.69, 9.17) is 4.74 Å². The number of hydrogen-bond acceptors (Lipinski definition) is 5. The SMILES string of the molecule is CCC(CC)NC(=O)COC(=O)CCNS(=O)(=O)c1ccc(C)c(C)c1. The van der Waals surface area contributed by atoms with E-state index >= 15 is 0 Å². The van der Waals surface area contributed by atoms with Crippen LogP contribution in [0.3, 0.4) is 0 Å². The van der Waals surface area contributed by atoms with Crippen LogP contribution in [0.1, 0.15) is 44.2 Å². The van der Waals surface area contributed by atoms with Crippen molar-refractivity contribution < 1.29 is 22.7 Å². The highest BCUT2D eigenvalue weighted by molar-refractivity contribution is 7.89. The lowest BCUT2D eigenvalue weighted by atomic mass is 10.1. The average Bonchev–Trinajstić information content (AvgIpc) is 2.59. The topological polar surface area (TPSA) is 102 Å². The van der Waals surface area contributed by atoms with Crippen molar-refractivity contribution in [2.24, 2.45) is 0 Å². The molecule has 1 amide bonds. The molecular formula is C18H28N2O5S. The molecule has 26 heavy (non-hydrogen) atoms. The highest BCUT2D eigenvalue weighted by Gasteiger charge is 2.16. The fourth-order valence-electron chi connectivity index (χ4n) is 2.23. The number of benzene rings is 1. The Morgan fingerprint density at radius 2 is 1.77 bits per heavy atom. The van der Waals surface area contributed by atoms with E-state index < -0.39 is 16.0 Å². The Labute approximate surface area is 155 Å². The summed E-state index contributed by atoms with van der Waals surface area (Å²) in [5.74, 6) is -0.991. The maximum absolute atomic E-state index is 12.2. The summed E-state index contributed by atoms with van der Waals surface area (Å²) < 4.78 is 31.6. The third kappa shape index (κ3) is 7.13. The zero-order valence-corrected chi connectivity index (χ0v) is 16.6. The first-order valence-corrected chi connectivity index (χ1v) is 10.2. The average molecular weight is 384 g/mol. The second-order valence-corrected chi connectivity index (χ2v) is 7.90. The molecule has 0 spiro atoms.